The zero-order valence-electron chi connectivity index (χ0n) is 13.4. The summed E-state index contributed by atoms with van der Waals surface area (Å²) in [6, 6.07) is 7.40. The smallest absolute Gasteiger partial charge is 0.102 e. The minimum Gasteiger partial charge on any atom is -0.394 e. The van der Waals surface area contributed by atoms with Crippen molar-refractivity contribution in [3.05, 3.63) is 72.2 Å². The Balaban J connectivity index is 2.48. The number of hydrogen-bond acceptors (Lipinski definition) is 2. The molecule has 23 heavy (non-hydrogen) atoms. The van der Waals surface area contributed by atoms with Gasteiger partial charge in [-0.1, -0.05) is 36.9 Å². The van der Waals surface area contributed by atoms with E-state index in [-0.39, 0.29) is 12.4 Å². The molecule has 0 bridgehead atoms. The number of hydrogen-bond donors (Lipinski definition) is 2. The largest absolute Gasteiger partial charge is 0.394 e. The normalized spacial score (nSPS) is 15.3. The van der Waals surface area contributed by atoms with Crippen LogP contribution in [0.3, 0.4) is 0 Å². The van der Waals surface area contributed by atoms with E-state index in [1.807, 2.05) is 42.0 Å². The van der Waals surface area contributed by atoms with Crippen molar-refractivity contribution in [1.29, 1.82) is 0 Å². The molecule has 0 aliphatic heterocycles. The molecule has 0 radical (unpaired) electrons. The van der Waals surface area contributed by atoms with E-state index >= 15 is 0 Å². The number of para-hydroxylation sites is 1. The Morgan fingerprint density at radius 3 is 2.78 bits per heavy atom. The first-order chi connectivity index (χ1) is 11.0. The minimum absolute atomic E-state index is 0.310. The molecule has 0 aliphatic rings. The number of halogens is 1. The fourth-order valence-corrected chi connectivity index (χ4v) is 2.75. The maximum atomic E-state index is 12.8. The van der Waals surface area contributed by atoms with Crippen molar-refractivity contribution in [2.75, 3.05) is 6.61 Å². The van der Waals surface area contributed by atoms with Crippen LogP contribution in [0.4, 0.5) is 4.39 Å². The lowest BCUT2D eigenvalue weighted by Crippen LogP contribution is -2.28. The molecule has 1 aromatic carbocycles. The molecule has 4 heteroatoms. The molecular formula is C19H22FNO2. The lowest BCUT2D eigenvalue weighted by molar-refractivity contribution is 0.0653. The molecule has 0 saturated carbocycles. The first kappa shape index (κ1) is 17.2. The molecular weight excluding hydrogens is 293 g/mol. The van der Waals surface area contributed by atoms with Crippen LogP contribution in [0.1, 0.15) is 18.5 Å². The standard InChI is InChI=1S/C19H22FNO2/c1-13-7-5-9-16-10-11-21(18(13)16)19(17(23)12-22)14(2)6-4-8-15(3)20/h4-11,17,19,22-23H,2,12H2,1,3H3/b6-4-,15-8+/t17-,19+/m1/s1. The van der Waals surface area contributed by atoms with Gasteiger partial charge in [0, 0.05) is 6.20 Å². The lowest BCUT2D eigenvalue weighted by Gasteiger charge is -2.25. The van der Waals surface area contributed by atoms with E-state index < -0.39 is 12.1 Å². The quantitative estimate of drug-likeness (QED) is 0.796. The van der Waals surface area contributed by atoms with Gasteiger partial charge in [-0.15, -0.1) is 0 Å². The molecule has 0 unspecified atom stereocenters. The summed E-state index contributed by atoms with van der Waals surface area (Å²) in [7, 11) is 0. The third-order valence-corrected chi connectivity index (χ3v) is 3.81. The van der Waals surface area contributed by atoms with Crippen LogP contribution in [-0.2, 0) is 0 Å². The number of aliphatic hydroxyl groups excluding tert-OH is 2. The first-order valence-electron chi connectivity index (χ1n) is 7.50. The highest BCUT2D eigenvalue weighted by Crippen LogP contribution is 2.29. The van der Waals surface area contributed by atoms with Crippen LogP contribution in [0.2, 0.25) is 0 Å². The molecule has 122 valence electrons. The Morgan fingerprint density at radius 2 is 2.13 bits per heavy atom. The van der Waals surface area contributed by atoms with Gasteiger partial charge in [-0.2, -0.15) is 0 Å². The average Bonchev–Trinajstić information content (AvgIpc) is 2.92. The van der Waals surface area contributed by atoms with Crippen molar-refractivity contribution in [2.24, 2.45) is 0 Å². The van der Waals surface area contributed by atoms with Crippen molar-refractivity contribution in [3.63, 3.8) is 0 Å². The van der Waals surface area contributed by atoms with Gasteiger partial charge >= 0.3 is 0 Å². The van der Waals surface area contributed by atoms with Crippen molar-refractivity contribution in [1.82, 2.24) is 4.57 Å². The number of rotatable bonds is 6. The van der Waals surface area contributed by atoms with E-state index in [2.05, 4.69) is 6.58 Å². The van der Waals surface area contributed by atoms with E-state index in [9.17, 15) is 14.6 Å². The summed E-state index contributed by atoms with van der Waals surface area (Å²) >= 11 is 0. The first-order valence-corrected chi connectivity index (χ1v) is 7.50. The fourth-order valence-electron chi connectivity index (χ4n) is 2.75. The Morgan fingerprint density at radius 1 is 1.39 bits per heavy atom. The van der Waals surface area contributed by atoms with Crippen LogP contribution in [0, 0.1) is 6.92 Å². The summed E-state index contributed by atoms with van der Waals surface area (Å²) in [5.74, 6) is -0.310. The van der Waals surface area contributed by atoms with E-state index in [1.165, 1.54) is 13.0 Å². The number of aryl methyl sites for hydroxylation is 1. The van der Waals surface area contributed by atoms with E-state index in [0.29, 0.717) is 5.57 Å². The minimum atomic E-state index is -1.00. The van der Waals surface area contributed by atoms with Crippen molar-refractivity contribution in [3.8, 4) is 0 Å². The van der Waals surface area contributed by atoms with Gasteiger partial charge < -0.3 is 14.8 Å². The number of aromatic nitrogens is 1. The Hall–Kier alpha value is -2.17. The molecule has 2 aromatic rings. The van der Waals surface area contributed by atoms with Crippen molar-refractivity contribution in [2.45, 2.75) is 26.0 Å². The van der Waals surface area contributed by atoms with Crippen LogP contribution in [0.25, 0.3) is 10.9 Å². The van der Waals surface area contributed by atoms with Gasteiger partial charge in [-0.3, -0.25) is 0 Å². The maximum Gasteiger partial charge on any atom is 0.102 e. The molecule has 0 aliphatic carbocycles. The zero-order valence-corrected chi connectivity index (χ0v) is 13.4. The molecule has 0 fully saturated rings. The van der Waals surface area contributed by atoms with Gasteiger partial charge in [0.1, 0.15) is 6.10 Å². The highest BCUT2D eigenvalue weighted by molar-refractivity contribution is 5.83. The predicted molar refractivity (Wildman–Crippen MR) is 91.9 cm³/mol. The summed E-state index contributed by atoms with van der Waals surface area (Å²) in [4.78, 5) is 0. The second-order valence-electron chi connectivity index (χ2n) is 5.62. The van der Waals surface area contributed by atoms with Crippen LogP contribution >= 0.6 is 0 Å². The molecule has 0 amide bonds. The summed E-state index contributed by atoms with van der Waals surface area (Å²) in [5.41, 5.74) is 2.64. The SMILES string of the molecule is C=C(/C=C\C=C(/C)F)[C@@H]([C@H](O)CO)n1ccc2cccc(C)c21. The number of benzene rings is 1. The fraction of sp³-hybridized carbons (Fsp3) is 0.263. The number of allylic oxidation sites excluding steroid dienone is 4. The summed E-state index contributed by atoms with van der Waals surface area (Å²) in [6.45, 7) is 6.95. The highest BCUT2D eigenvalue weighted by Gasteiger charge is 2.23. The van der Waals surface area contributed by atoms with Gasteiger partial charge in [-0.25, -0.2) is 4.39 Å². The highest BCUT2D eigenvalue weighted by atomic mass is 19.1. The van der Waals surface area contributed by atoms with Gasteiger partial charge in [0.05, 0.1) is 24.0 Å². The molecule has 2 N–H and O–H groups in total. The molecule has 3 nitrogen and oxygen atoms in total. The molecule has 1 heterocycles. The Bertz CT molecular complexity index is 754. The molecule has 0 saturated heterocycles. The zero-order chi connectivity index (χ0) is 17.0. The number of nitrogens with zero attached hydrogens (tertiary/aromatic N) is 1. The Labute approximate surface area is 135 Å². The molecule has 2 atom stereocenters. The van der Waals surface area contributed by atoms with E-state index in [0.717, 1.165) is 16.5 Å². The van der Waals surface area contributed by atoms with Gasteiger partial charge in [0.15, 0.2) is 0 Å². The average molecular weight is 315 g/mol. The molecule has 1 aromatic heterocycles. The topological polar surface area (TPSA) is 45.4 Å². The van der Waals surface area contributed by atoms with Crippen LogP contribution in [-0.4, -0.2) is 27.5 Å². The van der Waals surface area contributed by atoms with Crippen molar-refractivity contribution < 1.29 is 14.6 Å². The van der Waals surface area contributed by atoms with Crippen LogP contribution in [0.15, 0.2) is 66.7 Å². The van der Waals surface area contributed by atoms with Gasteiger partial charge in [0.2, 0.25) is 0 Å². The Kier molecular flexibility index (Phi) is 5.53. The van der Waals surface area contributed by atoms with Crippen LogP contribution < -0.4 is 0 Å². The summed E-state index contributed by atoms with van der Waals surface area (Å²) in [5, 5.41) is 20.7. The molecule has 2 rings (SSSR count). The second-order valence-corrected chi connectivity index (χ2v) is 5.62. The van der Waals surface area contributed by atoms with Crippen molar-refractivity contribution >= 4 is 10.9 Å². The third-order valence-electron chi connectivity index (χ3n) is 3.81. The van der Waals surface area contributed by atoms with E-state index in [4.69, 9.17) is 0 Å². The lowest BCUT2D eigenvalue weighted by atomic mass is 10.0. The van der Waals surface area contributed by atoms with Gasteiger partial charge in [0.25, 0.3) is 0 Å². The summed E-state index contributed by atoms with van der Waals surface area (Å²) < 4.78 is 14.7. The van der Waals surface area contributed by atoms with Gasteiger partial charge in [-0.05, 0) is 42.5 Å². The number of fused-ring (bicyclic) bond motifs is 1. The van der Waals surface area contributed by atoms with E-state index in [1.54, 1.807) is 12.2 Å². The second kappa shape index (κ2) is 7.40. The van der Waals surface area contributed by atoms with Crippen LogP contribution in [0.5, 0.6) is 0 Å². The monoisotopic (exact) mass is 315 g/mol. The maximum absolute atomic E-state index is 12.8. The number of aliphatic hydroxyl groups is 2. The molecule has 0 spiro atoms. The predicted octanol–water partition coefficient (Wildman–Crippen LogP) is 3.83. The third kappa shape index (κ3) is 3.78. The summed E-state index contributed by atoms with van der Waals surface area (Å²) in [6.07, 6.45) is 5.39.